The fourth-order valence-electron chi connectivity index (χ4n) is 1.84. The summed E-state index contributed by atoms with van der Waals surface area (Å²) in [6.07, 6.45) is 0.928. The van der Waals surface area contributed by atoms with Crippen molar-refractivity contribution in [2.24, 2.45) is 0 Å². The van der Waals surface area contributed by atoms with Crippen molar-refractivity contribution in [3.05, 3.63) is 29.8 Å². The number of carbonyl (C=O) groups is 1. The third kappa shape index (κ3) is 4.63. The molecule has 2 rings (SSSR count). The number of amides is 1. The number of rotatable bonds is 6. The summed E-state index contributed by atoms with van der Waals surface area (Å²) in [5.74, 6) is 3.14. The standard InChI is InChI=1S/C15H21NO2S2/c1-3-11(2)16-14(17)10-18-13-6-4-12(5-7-13)15-19-8-9-20-15/h4-7,11,15H,3,8-10H2,1-2H3,(H,16,17)/t11-/m1/s1. The van der Waals surface area contributed by atoms with E-state index in [0.717, 1.165) is 12.2 Å². The van der Waals surface area contributed by atoms with Crippen molar-refractivity contribution < 1.29 is 9.53 Å². The number of hydrogen-bond acceptors (Lipinski definition) is 4. The molecular weight excluding hydrogens is 290 g/mol. The number of ether oxygens (including phenoxy) is 1. The Bertz CT molecular complexity index is 430. The fraction of sp³-hybridized carbons (Fsp3) is 0.533. The summed E-state index contributed by atoms with van der Waals surface area (Å²) in [5, 5.41) is 2.89. The second kappa shape index (κ2) is 7.84. The lowest BCUT2D eigenvalue weighted by Crippen LogP contribution is -2.35. The van der Waals surface area contributed by atoms with Crippen molar-refractivity contribution in [1.29, 1.82) is 0 Å². The average Bonchev–Trinajstić information content (AvgIpc) is 2.99. The predicted molar refractivity (Wildman–Crippen MR) is 87.5 cm³/mol. The van der Waals surface area contributed by atoms with E-state index in [-0.39, 0.29) is 18.6 Å². The van der Waals surface area contributed by atoms with Crippen LogP contribution in [-0.4, -0.2) is 30.1 Å². The number of carbonyl (C=O) groups excluding carboxylic acids is 1. The Morgan fingerprint density at radius 1 is 1.35 bits per heavy atom. The monoisotopic (exact) mass is 311 g/mol. The quantitative estimate of drug-likeness (QED) is 0.873. The predicted octanol–water partition coefficient (Wildman–Crippen LogP) is 3.46. The maximum absolute atomic E-state index is 11.6. The number of thioether (sulfide) groups is 2. The van der Waals surface area contributed by atoms with Crippen molar-refractivity contribution in [2.75, 3.05) is 18.1 Å². The molecule has 1 atom stereocenters. The van der Waals surface area contributed by atoms with Crippen molar-refractivity contribution in [2.45, 2.75) is 30.9 Å². The molecule has 0 aliphatic carbocycles. The van der Waals surface area contributed by atoms with Gasteiger partial charge in [0.1, 0.15) is 5.75 Å². The average molecular weight is 311 g/mol. The van der Waals surface area contributed by atoms with Crippen molar-refractivity contribution in [3.63, 3.8) is 0 Å². The van der Waals surface area contributed by atoms with Gasteiger partial charge in [0.2, 0.25) is 0 Å². The van der Waals surface area contributed by atoms with Gasteiger partial charge in [-0.25, -0.2) is 0 Å². The lowest BCUT2D eigenvalue weighted by molar-refractivity contribution is -0.123. The van der Waals surface area contributed by atoms with E-state index in [0.29, 0.717) is 4.58 Å². The van der Waals surface area contributed by atoms with Crippen molar-refractivity contribution in [3.8, 4) is 5.75 Å². The van der Waals surface area contributed by atoms with Gasteiger partial charge in [-0.3, -0.25) is 4.79 Å². The summed E-state index contributed by atoms with van der Waals surface area (Å²) >= 11 is 3.97. The van der Waals surface area contributed by atoms with Gasteiger partial charge >= 0.3 is 0 Å². The van der Waals surface area contributed by atoms with Crippen LogP contribution in [0.2, 0.25) is 0 Å². The molecule has 1 fully saturated rings. The van der Waals surface area contributed by atoms with Gasteiger partial charge in [-0.1, -0.05) is 19.1 Å². The maximum Gasteiger partial charge on any atom is 0.258 e. The summed E-state index contributed by atoms with van der Waals surface area (Å²) in [7, 11) is 0. The molecule has 1 heterocycles. The molecule has 1 saturated heterocycles. The summed E-state index contributed by atoms with van der Waals surface area (Å²) in [4.78, 5) is 11.6. The molecule has 0 saturated carbocycles. The van der Waals surface area contributed by atoms with Gasteiger partial charge in [-0.2, -0.15) is 0 Å². The van der Waals surface area contributed by atoms with E-state index in [1.807, 2.05) is 49.5 Å². The minimum atomic E-state index is -0.0645. The van der Waals surface area contributed by atoms with E-state index >= 15 is 0 Å². The zero-order valence-electron chi connectivity index (χ0n) is 11.9. The first-order valence-corrected chi connectivity index (χ1v) is 9.04. The Morgan fingerprint density at radius 3 is 2.60 bits per heavy atom. The number of hydrogen-bond donors (Lipinski definition) is 1. The molecule has 1 aliphatic heterocycles. The van der Waals surface area contributed by atoms with E-state index in [1.165, 1.54) is 17.1 Å². The lowest BCUT2D eigenvalue weighted by Gasteiger charge is -2.13. The van der Waals surface area contributed by atoms with Crippen LogP contribution >= 0.6 is 23.5 Å². The highest BCUT2D eigenvalue weighted by Crippen LogP contribution is 2.45. The summed E-state index contributed by atoms with van der Waals surface area (Å²) in [6.45, 7) is 4.11. The van der Waals surface area contributed by atoms with Crippen LogP contribution in [0.4, 0.5) is 0 Å². The van der Waals surface area contributed by atoms with Crippen LogP contribution in [0.25, 0.3) is 0 Å². The SMILES string of the molecule is CC[C@@H](C)NC(=O)COc1ccc(C2SCCS2)cc1. The molecule has 0 spiro atoms. The molecule has 0 aromatic heterocycles. The lowest BCUT2D eigenvalue weighted by atomic mass is 10.2. The van der Waals surface area contributed by atoms with Crippen molar-refractivity contribution in [1.82, 2.24) is 5.32 Å². The highest BCUT2D eigenvalue weighted by Gasteiger charge is 2.17. The molecule has 20 heavy (non-hydrogen) atoms. The van der Waals surface area contributed by atoms with Crippen LogP contribution in [0, 0.1) is 0 Å². The molecular formula is C15H21NO2S2. The Labute approximate surface area is 129 Å². The zero-order chi connectivity index (χ0) is 14.4. The van der Waals surface area contributed by atoms with Crippen LogP contribution in [0.3, 0.4) is 0 Å². The highest BCUT2D eigenvalue weighted by atomic mass is 32.2. The van der Waals surface area contributed by atoms with Gasteiger partial charge in [0.15, 0.2) is 6.61 Å². The molecule has 1 aliphatic rings. The number of nitrogens with one attached hydrogen (secondary N) is 1. The summed E-state index contributed by atoms with van der Waals surface area (Å²) in [6, 6.07) is 8.29. The molecule has 1 N–H and O–H groups in total. The molecule has 1 aromatic rings. The normalized spacial score (nSPS) is 16.9. The van der Waals surface area contributed by atoms with Gasteiger partial charge in [0.25, 0.3) is 5.91 Å². The second-order valence-electron chi connectivity index (χ2n) is 4.81. The molecule has 5 heteroatoms. The molecule has 1 aromatic carbocycles. The Kier molecular flexibility index (Phi) is 6.10. The largest absolute Gasteiger partial charge is 0.484 e. The van der Waals surface area contributed by atoms with Crippen LogP contribution in [-0.2, 0) is 4.79 Å². The zero-order valence-corrected chi connectivity index (χ0v) is 13.6. The molecule has 1 amide bonds. The Balaban J connectivity index is 1.80. The van der Waals surface area contributed by atoms with Gasteiger partial charge < -0.3 is 10.1 Å². The van der Waals surface area contributed by atoms with Crippen LogP contribution in [0.5, 0.6) is 5.75 Å². The van der Waals surface area contributed by atoms with E-state index in [2.05, 4.69) is 17.4 Å². The molecule has 110 valence electrons. The van der Waals surface area contributed by atoms with E-state index in [1.54, 1.807) is 0 Å². The first-order valence-electron chi connectivity index (χ1n) is 6.94. The first-order chi connectivity index (χ1) is 9.69. The van der Waals surface area contributed by atoms with Gasteiger partial charge in [0.05, 0.1) is 4.58 Å². The van der Waals surface area contributed by atoms with Gasteiger partial charge in [0, 0.05) is 17.5 Å². The second-order valence-corrected chi connectivity index (χ2v) is 7.53. The topological polar surface area (TPSA) is 38.3 Å². The minimum absolute atomic E-state index is 0.0645. The molecule has 0 unspecified atom stereocenters. The summed E-state index contributed by atoms with van der Waals surface area (Å²) < 4.78 is 6.06. The summed E-state index contributed by atoms with van der Waals surface area (Å²) in [5.41, 5.74) is 1.33. The smallest absolute Gasteiger partial charge is 0.258 e. The molecule has 3 nitrogen and oxygen atoms in total. The fourth-order valence-corrected chi connectivity index (χ4v) is 4.70. The maximum atomic E-state index is 11.6. The van der Waals surface area contributed by atoms with Gasteiger partial charge in [-0.15, -0.1) is 23.5 Å². The van der Waals surface area contributed by atoms with E-state index in [9.17, 15) is 4.79 Å². The van der Waals surface area contributed by atoms with Gasteiger partial charge in [-0.05, 0) is 31.0 Å². The van der Waals surface area contributed by atoms with Crippen LogP contribution < -0.4 is 10.1 Å². The van der Waals surface area contributed by atoms with E-state index in [4.69, 9.17) is 4.74 Å². The highest BCUT2D eigenvalue weighted by molar-refractivity contribution is 8.19. The molecule has 0 radical (unpaired) electrons. The van der Waals surface area contributed by atoms with Crippen molar-refractivity contribution >= 4 is 29.4 Å². The first kappa shape index (κ1) is 15.6. The Morgan fingerprint density at radius 2 is 2.00 bits per heavy atom. The third-order valence-electron chi connectivity index (χ3n) is 3.16. The van der Waals surface area contributed by atoms with Crippen LogP contribution in [0.1, 0.15) is 30.4 Å². The van der Waals surface area contributed by atoms with Crippen LogP contribution in [0.15, 0.2) is 24.3 Å². The number of benzene rings is 1. The minimum Gasteiger partial charge on any atom is -0.484 e. The Hall–Kier alpha value is -0.810. The van der Waals surface area contributed by atoms with E-state index < -0.39 is 0 Å². The molecule has 0 bridgehead atoms. The third-order valence-corrected chi connectivity index (χ3v) is 6.27.